The summed E-state index contributed by atoms with van der Waals surface area (Å²) in [6.07, 6.45) is 0. The van der Waals surface area contributed by atoms with E-state index in [-0.39, 0.29) is 4.49 Å². The van der Waals surface area contributed by atoms with Crippen molar-refractivity contribution in [3.8, 4) is 5.75 Å². The molecular formula is C9H9Cl2O2P. The Morgan fingerprint density at radius 3 is 2.43 bits per heavy atom. The van der Waals surface area contributed by atoms with Gasteiger partial charge >= 0.3 is 0 Å². The highest BCUT2D eigenvalue weighted by Crippen LogP contribution is 2.46. The number of hydrogen-bond acceptors (Lipinski definition) is 2. The SMILES string of the molecule is CP(=O)(C=C(Cl)Cl)Oc1ccccc1. The Balaban J connectivity index is 2.79. The van der Waals surface area contributed by atoms with E-state index in [1.54, 1.807) is 24.3 Å². The molecule has 1 atom stereocenters. The second kappa shape index (κ2) is 4.88. The summed E-state index contributed by atoms with van der Waals surface area (Å²) in [7, 11) is -2.90. The molecule has 1 aromatic carbocycles. The molecule has 1 unspecified atom stereocenters. The van der Waals surface area contributed by atoms with Crippen molar-refractivity contribution in [3.63, 3.8) is 0 Å². The van der Waals surface area contributed by atoms with Gasteiger partial charge in [0.25, 0.3) is 7.37 Å². The van der Waals surface area contributed by atoms with Gasteiger partial charge in [0.15, 0.2) is 0 Å². The lowest BCUT2D eigenvalue weighted by molar-refractivity contribution is 0.498. The van der Waals surface area contributed by atoms with Crippen LogP contribution in [0.3, 0.4) is 0 Å². The fourth-order valence-electron chi connectivity index (χ4n) is 0.894. The third-order valence-corrected chi connectivity index (χ3v) is 3.19. The van der Waals surface area contributed by atoms with Gasteiger partial charge in [-0.2, -0.15) is 0 Å². The Labute approximate surface area is 92.9 Å². The molecule has 0 aliphatic rings. The van der Waals surface area contributed by atoms with Crippen molar-refractivity contribution in [2.45, 2.75) is 0 Å². The van der Waals surface area contributed by atoms with E-state index in [4.69, 9.17) is 27.7 Å². The Morgan fingerprint density at radius 1 is 1.36 bits per heavy atom. The summed E-state index contributed by atoms with van der Waals surface area (Å²) >= 11 is 10.8. The van der Waals surface area contributed by atoms with Crippen molar-refractivity contribution >= 4 is 30.6 Å². The molecule has 0 aliphatic carbocycles. The zero-order valence-electron chi connectivity index (χ0n) is 7.48. The van der Waals surface area contributed by atoms with Crippen LogP contribution in [0.15, 0.2) is 40.6 Å². The summed E-state index contributed by atoms with van der Waals surface area (Å²) in [5.41, 5.74) is 0. The van der Waals surface area contributed by atoms with Crippen LogP contribution in [-0.4, -0.2) is 6.66 Å². The molecule has 0 bridgehead atoms. The van der Waals surface area contributed by atoms with Gasteiger partial charge in [-0.15, -0.1) is 0 Å². The zero-order chi connectivity index (χ0) is 10.6. The van der Waals surface area contributed by atoms with Gasteiger partial charge < -0.3 is 4.52 Å². The first-order valence-electron chi connectivity index (χ1n) is 3.85. The van der Waals surface area contributed by atoms with Crippen LogP contribution in [0.4, 0.5) is 0 Å². The molecule has 1 rings (SSSR count). The predicted molar refractivity (Wildman–Crippen MR) is 60.4 cm³/mol. The summed E-state index contributed by atoms with van der Waals surface area (Å²) in [6.45, 7) is 1.45. The largest absolute Gasteiger partial charge is 0.440 e. The molecule has 2 nitrogen and oxygen atoms in total. The Morgan fingerprint density at radius 2 is 1.93 bits per heavy atom. The van der Waals surface area contributed by atoms with Gasteiger partial charge in [-0.1, -0.05) is 41.4 Å². The van der Waals surface area contributed by atoms with E-state index in [1.807, 2.05) is 6.07 Å². The second-order valence-electron chi connectivity index (χ2n) is 2.73. The van der Waals surface area contributed by atoms with Crippen LogP contribution < -0.4 is 4.52 Å². The van der Waals surface area contributed by atoms with Gasteiger partial charge in [0.1, 0.15) is 10.2 Å². The lowest BCUT2D eigenvalue weighted by Gasteiger charge is -2.10. The first-order valence-corrected chi connectivity index (χ1v) is 6.75. The second-order valence-corrected chi connectivity index (χ2v) is 6.00. The number of rotatable bonds is 3. The standard InChI is InChI=1S/C9H9Cl2O2P/c1-14(12,7-9(10)11)13-8-5-3-2-4-6-8/h2-7H,1H3. The van der Waals surface area contributed by atoms with Crippen LogP contribution >= 0.6 is 30.6 Å². The molecule has 0 N–H and O–H groups in total. The fourth-order valence-corrected chi connectivity index (χ4v) is 2.91. The van der Waals surface area contributed by atoms with E-state index >= 15 is 0 Å². The summed E-state index contributed by atoms with van der Waals surface area (Å²) in [6, 6.07) is 8.86. The van der Waals surface area contributed by atoms with Crippen LogP contribution in [-0.2, 0) is 4.57 Å². The summed E-state index contributed by atoms with van der Waals surface area (Å²) in [5, 5.41) is 0. The third-order valence-electron chi connectivity index (χ3n) is 1.36. The van der Waals surface area contributed by atoms with E-state index < -0.39 is 7.37 Å². The molecule has 0 saturated heterocycles. The maximum Gasteiger partial charge on any atom is 0.269 e. The molecule has 0 heterocycles. The van der Waals surface area contributed by atoms with E-state index in [1.165, 1.54) is 12.5 Å². The van der Waals surface area contributed by atoms with Crippen LogP contribution in [0.25, 0.3) is 0 Å². The predicted octanol–water partition coefficient (Wildman–Crippen LogP) is 4.25. The van der Waals surface area contributed by atoms with E-state index in [0.717, 1.165) is 0 Å². The molecule has 0 fully saturated rings. The molecule has 0 amide bonds. The van der Waals surface area contributed by atoms with Gasteiger partial charge in [-0.05, 0) is 12.1 Å². The minimum absolute atomic E-state index is 0.0493. The van der Waals surface area contributed by atoms with Gasteiger partial charge in [0.05, 0.1) is 0 Å². The number of para-hydroxylation sites is 1. The van der Waals surface area contributed by atoms with Gasteiger partial charge in [0.2, 0.25) is 0 Å². The first kappa shape index (κ1) is 11.6. The molecule has 0 saturated carbocycles. The zero-order valence-corrected chi connectivity index (χ0v) is 9.89. The Kier molecular flexibility index (Phi) is 4.06. The van der Waals surface area contributed by atoms with Crippen LogP contribution in [0.5, 0.6) is 5.75 Å². The van der Waals surface area contributed by atoms with E-state index in [0.29, 0.717) is 5.75 Å². The maximum atomic E-state index is 11.7. The average molecular weight is 251 g/mol. The molecule has 0 aliphatic heterocycles. The third kappa shape index (κ3) is 4.19. The lowest BCUT2D eigenvalue weighted by Crippen LogP contribution is -1.87. The van der Waals surface area contributed by atoms with Crippen molar-refractivity contribution < 1.29 is 9.09 Å². The van der Waals surface area contributed by atoms with Crippen LogP contribution in [0.1, 0.15) is 0 Å². The fraction of sp³-hybridized carbons (Fsp3) is 0.111. The van der Waals surface area contributed by atoms with Crippen molar-refractivity contribution in [1.29, 1.82) is 0 Å². The van der Waals surface area contributed by atoms with Gasteiger partial charge in [-0.3, -0.25) is 4.57 Å². The molecule has 14 heavy (non-hydrogen) atoms. The lowest BCUT2D eigenvalue weighted by atomic mass is 10.3. The normalized spacial score (nSPS) is 14.2. The van der Waals surface area contributed by atoms with E-state index in [9.17, 15) is 4.57 Å². The van der Waals surface area contributed by atoms with Crippen molar-refractivity contribution in [2.75, 3.05) is 6.66 Å². The molecule has 5 heteroatoms. The molecule has 1 aromatic rings. The van der Waals surface area contributed by atoms with Crippen molar-refractivity contribution in [3.05, 3.63) is 40.6 Å². The maximum absolute atomic E-state index is 11.7. The summed E-state index contributed by atoms with van der Waals surface area (Å²) < 4.78 is 16.9. The highest BCUT2D eigenvalue weighted by atomic mass is 35.5. The number of halogens is 2. The smallest absolute Gasteiger partial charge is 0.269 e. The topological polar surface area (TPSA) is 26.3 Å². The molecular weight excluding hydrogens is 242 g/mol. The van der Waals surface area contributed by atoms with Gasteiger partial charge in [-0.25, -0.2) is 0 Å². The molecule has 0 aromatic heterocycles. The monoisotopic (exact) mass is 250 g/mol. The van der Waals surface area contributed by atoms with Crippen molar-refractivity contribution in [1.82, 2.24) is 0 Å². The van der Waals surface area contributed by atoms with E-state index in [2.05, 4.69) is 0 Å². The average Bonchev–Trinajstić information content (AvgIpc) is 2.02. The molecule has 76 valence electrons. The minimum atomic E-state index is -2.90. The number of benzene rings is 1. The quantitative estimate of drug-likeness (QED) is 0.750. The highest BCUT2D eigenvalue weighted by Gasteiger charge is 2.14. The molecule has 0 radical (unpaired) electrons. The molecule has 0 spiro atoms. The Hall–Kier alpha value is -0.430. The van der Waals surface area contributed by atoms with Gasteiger partial charge in [0, 0.05) is 12.5 Å². The highest BCUT2D eigenvalue weighted by molar-refractivity contribution is 7.62. The summed E-state index contributed by atoms with van der Waals surface area (Å²) in [4.78, 5) is 0. The Bertz CT molecular complexity index is 372. The van der Waals surface area contributed by atoms with Crippen LogP contribution in [0.2, 0.25) is 0 Å². The summed E-state index contributed by atoms with van der Waals surface area (Å²) in [5.74, 6) is 1.74. The van der Waals surface area contributed by atoms with Crippen LogP contribution in [0, 0.1) is 0 Å². The number of hydrogen-bond donors (Lipinski definition) is 0. The minimum Gasteiger partial charge on any atom is -0.440 e. The first-order chi connectivity index (χ1) is 6.49. The van der Waals surface area contributed by atoms with Crippen molar-refractivity contribution in [2.24, 2.45) is 0 Å².